The summed E-state index contributed by atoms with van der Waals surface area (Å²) in [6.07, 6.45) is 1.98. The summed E-state index contributed by atoms with van der Waals surface area (Å²) in [6.45, 7) is 11.1. The first-order chi connectivity index (χ1) is 14.7. The lowest BCUT2D eigenvalue weighted by atomic mass is 9.99. The molecule has 0 atom stereocenters. The van der Waals surface area contributed by atoms with Gasteiger partial charge in [-0.25, -0.2) is 15.0 Å². The number of aryl methyl sites for hydroxylation is 3. The van der Waals surface area contributed by atoms with Gasteiger partial charge < -0.3 is 4.90 Å². The molecule has 3 heterocycles. The number of anilines is 1. The van der Waals surface area contributed by atoms with E-state index in [-0.39, 0.29) is 0 Å². The third kappa shape index (κ3) is 4.78. The summed E-state index contributed by atoms with van der Waals surface area (Å²) in [4.78, 5) is 15.6. The second kappa shape index (κ2) is 9.31. The smallest absolute Gasteiger partial charge is 0.212 e. The van der Waals surface area contributed by atoms with Gasteiger partial charge in [0.2, 0.25) is 5.96 Å². The normalized spacial score (nSPS) is 11.8. The highest BCUT2D eigenvalue weighted by atomic mass is 35.5. The zero-order valence-corrected chi connectivity index (χ0v) is 19.5. The Morgan fingerprint density at radius 1 is 1.29 bits per heavy atom. The molecule has 0 saturated heterocycles. The van der Waals surface area contributed by atoms with Crippen molar-refractivity contribution in [3.8, 4) is 6.19 Å². The van der Waals surface area contributed by atoms with Gasteiger partial charge in [-0.05, 0) is 50.5 Å². The quantitative estimate of drug-likeness (QED) is 0.211. The molecule has 0 saturated carbocycles. The molecule has 0 amide bonds. The Hall–Kier alpha value is -3.18. The summed E-state index contributed by atoms with van der Waals surface area (Å²) >= 11 is 6.14. The van der Waals surface area contributed by atoms with E-state index in [9.17, 15) is 5.26 Å². The Morgan fingerprint density at radius 3 is 2.65 bits per heavy atom. The Labute approximate surface area is 187 Å². The molecule has 3 rings (SSSR count). The maximum Gasteiger partial charge on any atom is 0.212 e. The summed E-state index contributed by atoms with van der Waals surface area (Å²) in [7, 11) is 1.90. The fourth-order valence-corrected chi connectivity index (χ4v) is 3.93. The number of fused-ring (bicyclic) bond motifs is 1. The van der Waals surface area contributed by atoms with Crippen LogP contribution in [0.3, 0.4) is 0 Å². The number of hydrogen-bond donors (Lipinski definition) is 1. The van der Waals surface area contributed by atoms with E-state index in [0.29, 0.717) is 30.1 Å². The van der Waals surface area contributed by atoms with Crippen LogP contribution in [0.4, 0.5) is 5.69 Å². The van der Waals surface area contributed by atoms with E-state index in [1.807, 2.05) is 45.0 Å². The highest BCUT2D eigenvalue weighted by molar-refractivity contribution is 6.29. The van der Waals surface area contributed by atoms with Crippen molar-refractivity contribution in [3.63, 3.8) is 0 Å². The first kappa shape index (κ1) is 22.5. The molecule has 0 aromatic carbocycles. The van der Waals surface area contributed by atoms with Crippen LogP contribution in [-0.4, -0.2) is 32.3 Å². The number of guanidine groups is 1. The lowest BCUT2D eigenvalue weighted by Gasteiger charge is -2.24. The van der Waals surface area contributed by atoms with Crippen molar-refractivity contribution >= 4 is 34.3 Å². The van der Waals surface area contributed by atoms with Gasteiger partial charge >= 0.3 is 0 Å². The zero-order valence-electron chi connectivity index (χ0n) is 18.7. The number of nitrogens with one attached hydrogen (secondary N) is 1. The van der Waals surface area contributed by atoms with E-state index in [0.717, 1.165) is 33.8 Å². The predicted molar refractivity (Wildman–Crippen MR) is 124 cm³/mol. The van der Waals surface area contributed by atoms with Crippen molar-refractivity contribution in [2.45, 2.75) is 47.1 Å². The lowest BCUT2D eigenvalue weighted by molar-refractivity contribution is 0.770. The molecule has 3 aromatic heterocycles. The van der Waals surface area contributed by atoms with Crippen LogP contribution in [0.15, 0.2) is 23.2 Å². The van der Waals surface area contributed by atoms with Crippen LogP contribution in [0, 0.1) is 25.3 Å². The van der Waals surface area contributed by atoms with Crippen LogP contribution >= 0.6 is 11.6 Å². The van der Waals surface area contributed by atoms with Crippen molar-refractivity contribution in [1.82, 2.24) is 25.1 Å². The van der Waals surface area contributed by atoms with Crippen LogP contribution in [0.25, 0.3) is 11.0 Å². The molecule has 9 heteroatoms. The summed E-state index contributed by atoms with van der Waals surface area (Å²) in [6, 6.07) is 5.74. The number of nitriles is 1. The maximum atomic E-state index is 9.30. The summed E-state index contributed by atoms with van der Waals surface area (Å²) < 4.78 is 1.80. The fraction of sp³-hybridized carbons (Fsp3) is 0.409. The molecule has 0 unspecified atom stereocenters. The van der Waals surface area contributed by atoms with Crippen LogP contribution in [-0.2, 0) is 13.6 Å². The van der Waals surface area contributed by atoms with Crippen LogP contribution in [0.5, 0.6) is 0 Å². The molecule has 8 nitrogen and oxygen atoms in total. The Bertz CT molecular complexity index is 1150. The Morgan fingerprint density at radius 2 is 2.03 bits per heavy atom. The molecule has 3 aromatic rings. The van der Waals surface area contributed by atoms with E-state index >= 15 is 0 Å². The minimum absolute atomic E-state index is 0.318. The first-order valence-electron chi connectivity index (χ1n) is 10.2. The third-order valence-corrected chi connectivity index (χ3v) is 5.22. The van der Waals surface area contributed by atoms with Gasteiger partial charge in [0, 0.05) is 30.4 Å². The Kier molecular flexibility index (Phi) is 6.76. The summed E-state index contributed by atoms with van der Waals surface area (Å²) in [5.74, 6) is 0.753. The summed E-state index contributed by atoms with van der Waals surface area (Å²) in [5, 5.41) is 18.0. The monoisotopic (exact) mass is 438 g/mol. The highest BCUT2D eigenvalue weighted by Crippen LogP contribution is 2.28. The average molecular weight is 439 g/mol. The van der Waals surface area contributed by atoms with E-state index < -0.39 is 0 Å². The highest BCUT2D eigenvalue weighted by Gasteiger charge is 2.17. The molecule has 162 valence electrons. The van der Waals surface area contributed by atoms with E-state index in [1.165, 1.54) is 5.56 Å². The minimum atomic E-state index is 0.318. The molecule has 0 bridgehead atoms. The van der Waals surface area contributed by atoms with Crippen molar-refractivity contribution < 1.29 is 0 Å². The lowest BCUT2D eigenvalue weighted by Crippen LogP contribution is -2.39. The largest absolute Gasteiger partial charge is 0.312 e. The molecule has 0 aliphatic heterocycles. The molecule has 0 aliphatic carbocycles. The number of nitrogens with zero attached hydrogens (tertiary/aromatic N) is 7. The number of aromatic nitrogens is 4. The molecule has 31 heavy (non-hydrogen) atoms. The van der Waals surface area contributed by atoms with Gasteiger partial charge in [0.15, 0.2) is 11.8 Å². The predicted octanol–water partition coefficient (Wildman–Crippen LogP) is 4.21. The number of hydrogen-bond acceptors (Lipinski definition) is 5. The van der Waals surface area contributed by atoms with Crippen molar-refractivity contribution in [2.75, 3.05) is 11.4 Å². The van der Waals surface area contributed by atoms with Crippen molar-refractivity contribution in [2.24, 2.45) is 12.0 Å². The molecule has 0 fully saturated rings. The molecular formula is C22H27ClN8. The first-order valence-corrected chi connectivity index (χ1v) is 10.6. The second-order valence-corrected chi connectivity index (χ2v) is 8.06. The standard InChI is InChI=1S/C22H27ClN8/c1-7-31(17-8-14(4)27-19(23)10-17)22(26-12-24)25-11-16-9-18(13(2)3)20-15(5)29-30(6)21(20)28-16/h8-10,13H,7,11H2,1-6H3,(H,25,26). The van der Waals surface area contributed by atoms with Gasteiger partial charge in [0.25, 0.3) is 0 Å². The van der Waals surface area contributed by atoms with Gasteiger partial charge in [-0.3, -0.25) is 10.00 Å². The van der Waals surface area contributed by atoms with Gasteiger partial charge in [0.1, 0.15) is 5.15 Å². The SMILES string of the molecule is CCN(C(=NCc1cc(C(C)C)c2c(C)nn(C)c2n1)NC#N)c1cc(C)nc(Cl)c1. The molecular weight excluding hydrogens is 412 g/mol. The van der Waals surface area contributed by atoms with Gasteiger partial charge in [-0.1, -0.05) is 25.4 Å². The third-order valence-electron chi connectivity index (χ3n) is 5.02. The number of halogens is 1. The molecule has 0 spiro atoms. The zero-order chi connectivity index (χ0) is 22.7. The number of aliphatic imine (C=N–C) groups is 1. The number of pyridine rings is 2. The van der Waals surface area contributed by atoms with Gasteiger partial charge in [-0.2, -0.15) is 10.4 Å². The molecule has 0 aliphatic rings. The summed E-state index contributed by atoms with van der Waals surface area (Å²) in [5.41, 5.74) is 5.42. The Balaban J connectivity index is 2.02. The van der Waals surface area contributed by atoms with Crippen LogP contribution in [0.2, 0.25) is 5.15 Å². The fourth-order valence-electron chi connectivity index (χ4n) is 3.69. The number of rotatable bonds is 5. The topological polar surface area (TPSA) is 95.0 Å². The minimum Gasteiger partial charge on any atom is -0.312 e. The van der Waals surface area contributed by atoms with Gasteiger partial charge in [-0.15, -0.1) is 0 Å². The molecule has 1 N–H and O–H groups in total. The van der Waals surface area contributed by atoms with Crippen molar-refractivity contribution in [1.29, 1.82) is 5.26 Å². The van der Waals surface area contributed by atoms with Gasteiger partial charge in [0.05, 0.1) is 17.9 Å². The van der Waals surface area contributed by atoms with E-state index in [1.54, 1.807) is 10.7 Å². The van der Waals surface area contributed by atoms with Crippen LogP contribution < -0.4 is 10.2 Å². The van der Waals surface area contributed by atoms with Crippen LogP contribution in [0.1, 0.15) is 49.3 Å². The van der Waals surface area contributed by atoms with E-state index in [4.69, 9.17) is 16.6 Å². The average Bonchev–Trinajstić information content (AvgIpc) is 2.99. The van der Waals surface area contributed by atoms with E-state index in [2.05, 4.69) is 40.3 Å². The maximum absolute atomic E-state index is 9.30. The second-order valence-electron chi connectivity index (χ2n) is 7.68. The van der Waals surface area contributed by atoms with Crippen molar-refractivity contribution in [3.05, 3.63) is 46.0 Å². The molecule has 0 radical (unpaired) electrons.